The van der Waals surface area contributed by atoms with Gasteiger partial charge in [-0.05, 0) is 12.8 Å². The monoisotopic (exact) mass is 283 g/mol. The van der Waals surface area contributed by atoms with Crippen LogP contribution >= 0.6 is 11.8 Å². The molecule has 2 aliphatic rings. The molecule has 0 aliphatic carbocycles. The molecule has 2 saturated heterocycles. The van der Waals surface area contributed by atoms with Gasteiger partial charge in [-0.3, -0.25) is 4.79 Å². The van der Waals surface area contributed by atoms with Gasteiger partial charge < -0.3 is 16.0 Å². The Labute approximate surface area is 118 Å². The molecule has 0 spiro atoms. The van der Waals surface area contributed by atoms with Gasteiger partial charge in [-0.25, -0.2) is 4.79 Å². The van der Waals surface area contributed by atoms with Crippen molar-refractivity contribution in [3.8, 4) is 0 Å². The third-order valence-corrected chi connectivity index (χ3v) is 5.03. The fourth-order valence-corrected chi connectivity index (χ4v) is 4.09. The summed E-state index contributed by atoms with van der Waals surface area (Å²) in [5.74, 6) is 1.08. The lowest BCUT2D eigenvalue weighted by Crippen LogP contribution is -2.36. The van der Waals surface area contributed by atoms with Crippen LogP contribution < -0.4 is 16.0 Å². The maximum Gasteiger partial charge on any atom is 0.315 e. The van der Waals surface area contributed by atoms with E-state index in [1.54, 1.807) is 6.08 Å². The lowest BCUT2D eigenvalue weighted by atomic mass is 10.0. The van der Waals surface area contributed by atoms with E-state index < -0.39 is 0 Å². The molecule has 0 saturated carbocycles. The topological polar surface area (TPSA) is 70.2 Å². The Balaban J connectivity index is 1.60. The second-order valence-corrected chi connectivity index (χ2v) is 6.23. The van der Waals surface area contributed by atoms with Crippen molar-refractivity contribution in [2.24, 2.45) is 0 Å². The molecule has 0 aromatic rings. The Bertz CT molecular complexity index is 362. The van der Waals surface area contributed by atoms with Gasteiger partial charge in [0.25, 0.3) is 0 Å². The molecule has 2 heterocycles. The number of unbranched alkanes of at least 4 members (excludes halogenated alkanes) is 1. The van der Waals surface area contributed by atoms with E-state index in [1.807, 2.05) is 11.8 Å². The molecule has 3 N–H and O–H groups in total. The number of nitrogens with one attached hydrogen (secondary N) is 3. The fraction of sp³-hybridized carbons (Fsp3) is 0.692. The van der Waals surface area contributed by atoms with Crippen LogP contribution in [0.25, 0.3) is 0 Å². The lowest BCUT2D eigenvalue weighted by Gasteiger charge is -2.16. The predicted octanol–water partition coefficient (Wildman–Crippen LogP) is 1.01. The largest absolute Gasteiger partial charge is 0.353 e. The van der Waals surface area contributed by atoms with Crippen molar-refractivity contribution in [3.63, 3.8) is 0 Å². The van der Waals surface area contributed by atoms with Gasteiger partial charge in [0, 0.05) is 24.0 Å². The van der Waals surface area contributed by atoms with E-state index in [4.69, 9.17) is 0 Å². The Morgan fingerprint density at radius 3 is 3.11 bits per heavy atom. The smallest absolute Gasteiger partial charge is 0.315 e. The van der Waals surface area contributed by atoms with Gasteiger partial charge in [0.2, 0.25) is 5.91 Å². The van der Waals surface area contributed by atoms with Crippen LogP contribution in [0.4, 0.5) is 4.79 Å². The highest BCUT2D eigenvalue weighted by Gasteiger charge is 2.42. The minimum atomic E-state index is -0.0379. The summed E-state index contributed by atoms with van der Waals surface area (Å²) in [7, 11) is 0. The summed E-state index contributed by atoms with van der Waals surface area (Å²) in [5.41, 5.74) is 0. The molecule has 19 heavy (non-hydrogen) atoms. The van der Waals surface area contributed by atoms with E-state index >= 15 is 0 Å². The van der Waals surface area contributed by atoms with Gasteiger partial charge in [-0.2, -0.15) is 11.8 Å². The second-order valence-electron chi connectivity index (χ2n) is 4.96. The zero-order chi connectivity index (χ0) is 13.7. The van der Waals surface area contributed by atoms with Crippen LogP contribution in [-0.4, -0.2) is 41.6 Å². The first-order valence-electron chi connectivity index (χ1n) is 6.77. The number of fused-ring (bicyclic) bond motifs is 1. The number of rotatable bonds is 7. The lowest BCUT2D eigenvalue weighted by molar-refractivity contribution is -0.121. The highest BCUT2D eigenvalue weighted by molar-refractivity contribution is 8.00. The van der Waals surface area contributed by atoms with Gasteiger partial charge in [0.15, 0.2) is 0 Å². The van der Waals surface area contributed by atoms with Gasteiger partial charge >= 0.3 is 6.03 Å². The molecule has 2 fully saturated rings. The molecule has 0 radical (unpaired) electrons. The van der Waals surface area contributed by atoms with Crippen LogP contribution in [-0.2, 0) is 4.79 Å². The van der Waals surface area contributed by atoms with Gasteiger partial charge in [0.1, 0.15) is 0 Å². The fourth-order valence-electron chi connectivity index (χ4n) is 2.55. The van der Waals surface area contributed by atoms with Crippen molar-refractivity contribution in [3.05, 3.63) is 12.7 Å². The molecule has 2 unspecified atom stereocenters. The SMILES string of the molecule is C=CCNC(=O)CCCC[C@@H]1SCC2NC(=O)NC21. The first kappa shape index (κ1) is 14.2. The molecule has 0 aromatic heterocycles. The van der Waals surface area contributed by atoms with E-state index in [0.29, 0.717) is 24.3 Å². The Morgan fingerprint density at radius 2 is 2.32 bits per heavy atom. The average molecular weight is 283 g/mol. The van der Waals surface area contributed by atoms with Crippen molar-refractivity contribution in [1.29, 1.82) is 0 Å². The summed E-state index contributed by atoms with van der Waals surface area (Å²) in [4.78, 5) is 22.6. The third kappa shape index (κ3) is 3.89. The van der Waals surface area contributed by atoms with Crippen molar-refractivity contribution in [2.75, 3.05) is 12.3 Å². The van der Waals surface area contributed by atoms with E-state index in [-0.39, 0.29) is 18.0 Å². The van der Waals surface area contributed by atoms with Crippen molar-refractivity contribution in [2.45, 2.75) is 43.0 Å². The zero-order valence-corrected chi connectivity index (χ0v) is 11.8. The second kappa shape index (κ2) is 6.84. The first-order chi connectivity index (χ1) is 9.20. The quantitative estimate of drug-likeness (QED) is 0.371. The van der Waals surface area contributed by atoms with E-state index in [2.05, 4.69) is 22.5 Å². The maximum absolute atomic E-state index is 11.4. The molecule has 0 aromatic carbocycles. The van der Waals surface area contributed by atoms with Gasteiger partial charge in [-0.1, -0.05) is 12.5 Å². The van der Waals surface area contributed by atoms with Gasteiger partial charge in [-0.15, -0.1) is 6.58 Å². The number of amides is 3. The number of hydrogen-bond acceptors (Lipinski definition) is 3. The number of hydrogen-bond donors (Lipinski definition) is 3. The van der Waals surface area contributed by atoms with Crippen LogP contribution in [0, 0.1) is 0 Å². The number of carbonyl (C=O) groups is 2. The number of urea groups is 1. The van der Waals surface area contributed by atoms with E-state index in [1.165, 1.54) is 0 Å². The van der Waals surface area contributed by atoms with E-state index in [0.717, 1.165) is 25.0 Å². The molecule has 106 valence electrons. The zero-order valence-electron chi connectivity index (χ0n) is 11.0. The summed E-state index contributed by atoms with van der Waals surface area (Å²) in [6.45, 7) is 4.10. The normalized spacial score (nSPS) is 28.4. The summed E-state index contributed by atoms with van der Waals surface area (Å²) in [6.07, 6.45) is 5.24. The predicted molar refractivity (Wildman–Crippen MR) is 77.2 cm³/mol. The van der Waals surface area contributed by atoms with Crippen LogP contribution in [0.3, 0.4) is 0 Å². The summed E-state index contributed by atoms with van der Waals surface area (Å²) in [6, 6.07) is 0.523. The van der Waals surface area contributed by atoms with Crippen molar-refractivity contribution in [1.82, 2.24) is 16.0 Å². The minimum Gasteiger partial charge on any atom is -0.353 e. The Hall–Kier alpha value is -1.17. The first-order valence-corrected chi connectivity index (χ1v) is 7.82. The Kier molecular flexibility index (Phi) is 5.13. The van der Waals surface area contributed by atoms with Crippen molar-refractivity contribution < 1.29 is 9.59 Å². The molecule has 2 rings (SSSR count). The van der Waals surface area contributed by atoms with E-state index in [9.17, 15) is 9.59 Å². The van der Waals surface area contributed by atoms with Crippen LogP contribution in [0.15, 0.2) is 12.7 Å². The average Bonchev–Trinajstić information content (AvgIpc) is 2.92. The summed E-state index contributed by atoms with van der Waals surface area (Å²) >= 11 is 1.92. The van der Waals surface area contributed by atoms with Crippen molar-refractivity contribution >= 4 is 23.7 Å². The van der Waals surface area contributed by atoms with Crippen LogP contribution in [0.1, 0.15) is 25.7 Å². The molecular formula is C13H21N3O2S. The molecule has 5 nitrogen and oxygen atoms in total. The molecule has 0 bridgehead atoms. The number of thioether (sulfide) groups is 1. The standard InChI is InChI=1S/C13H21N3O2S/c1-2-7-14-11(17)6-4-3-5-10-12-9(8-19-10)15-13(18)16-12/h2,9-10,12H,1,3-8H2,(H,14,17)(H2,15,16,18)/t9?,10-,12?/m0/s1. The Morgan fingerprint density at radius 1 is 1.47 bits per heavy atom. The summed E-state index contributed by atoms with van der Waals surface area (Å²) < 4.78 is 0. The molecular weight excluding hydrogens is 262 g/mol. The highest BCUT2D eigenvalue weighted by atomic mass is 32.2. The molecule has 3 atom stereocenters. The molecule has 6 heteroatoms. The minimum absolute atomic E-state index is 0.0379. The maximum atomic E-state index is 11.4. The van der Waals surface area contributed by atoms with Gasteiger partial charge in [0.05, 0.1) is 12.1 Å². The van der Waals surface area contributed by atoms with Crippen LogP contribution in [0.2, 0.25) is 0 Å². The van der Waals surface area contributed by atoms with Crippen LogP contribution in [0.5, 0.6) is 0 Å². The number of carbonyl (C=O) groups excluding carboxylic acids is 2. The third-order valence-electron chi connectivity index (χ3n) is 3.52. The molecule has 2 aliphatic heterocycles. The molecule has 3 amide bonds. The summed E-state index contributed by atoms with van der Waals surface area (Å²) in [5, 5.41) is 9.18. The highest BCUT2D eigenvalue weighted by Crippen LogP contribution is 2.33.